The Hall–Kier alpha value is -2.66. The monoisotopic (exact) mass is 574 g/mol. The first-order valence-electron chi connectivity index (χ1n) is 13.5. The summed E-state index contributed by atoms with van der Waals surface area (Å²) in [6.45, 7) is 5.89. The van der Waals surface area contributed by atoms with E-state index in [9.17, 15) is 18.0 Å². The van der Waals surface area contributed by atoms with Crippen LogP contribution in [-0.2, 0) is 26.2 Å². The molecule has 9 nitrogen and oxygen atoms in total. The number of halogens is 1. The molecule has 0 aromatic heterocycles. The molecule has 0 unspecified atom stereocenters. The number of nitrogens with one attached hydrogen (secondary N) is 3. The van der Waals surface area contributed by atoms with Crippen LogP contribution >= 0.6 is 11.6 Å². The number of sulfonamides is 1. The first-order valence-corrected chi connectivity index (χ1v) is 15.3. The van der Waals surface area contributed by atoms with Gasteiger partial charge >= 0.3 is 0 Å². The lowest BCUT2D eigenvalue weighted by atomic mass is 9.98. The fourth-order valence-electron chi connectivity index (χ4n) is 5.20. The molecule has 2 heterocycles. The van der Waals surface area contributed by atoms with Gasteiger partial charge in [-0.15, -0.1) is 0 Å². The minimum absolute atomic E-state index is 0.0742. The van der Waals surface area contributed by atoms with Crippen LogP contribution in [0, 0.1) is 19.8 Å². The fraction of sp³-hybridized carbons (Fsp3) is 0.500. The van der Waals surface area contributed by atoms with Gasteiger partial charge in [0, 0.05) is 36.6 Å². The Labute approximate surface area is 234 Å². The molecule has 5 rings (SSSR count). The normalized spacial score (nSPS) is 21.6. The molecule has 2 aromatic carbocycles. The van der Waals surface area contributed by atoms with Crippen LogP contribution in [0.5, 0.6) is 5.75 Å². The highest BCUT2D eigenvalue weighted by Crippen LogP contribution is 2.34. The highest BCUT2D eigenvalue weighted by molar-refractivity contribution is 7.89. The molecule has 1 aliphatic carbocycles. The number of fused-ring (bicyclic) bond motifs is 1. The Morgan fingerprint density at radius 3 is 2.72 bits per heavy atom. The van der Waals surface area contributed by atoms with Gasteiger partial charge in [-0.2, -0.15) is 4.31 Å². The van der Waals surface area contributed by atoms with E-state index >= 15 is 0 Å². The summed E-state index contributed by atoms with van der Waals surface area (Å²) < 4.78 is 34.3. The van der Waals surface area contributed by atoms with Crippen molar-refractivity contribution in [1.29, 1.82) is 0 Å². The number of benzene rings is 2. The van der Waals surface area contributed by atoms with E-state index in [2.05, 4.69) is 16.0 Å². The van der Waals surface area contributed by atoms with Crippen LogP contribution < -0.4 is 20.7 Å². The topological polar surface area (TPSA) is 117 Å². The molecule has 11 heteroatoms. The fourth-order valence-corrected chi connectivity index (χ4v) is 7.30. The maximum atomic E-state index is 13.7. The van der Waals surface area contributed by atoms with Crippen molar-refractivity contribution in [3.8, 4) is 5.75 Å². The van der Waals surface area contributed by atoms with Gasteiger partial charge in [-0.25, -0.2) is 8.42 Å². The zero-order chi connectivity index (χ0) is 27.7. The minimum atomic E-state index is -4.05. The van der Waals surface area contributed by atoms with E-state index in [0.717, 1.165) is 40.2 Å². The van der Waals surface area contributed by atoms with Gasteiger partial charge in [-0.1, -0.05) is 23.7 Å². The number of aryl methyl sites for hydroxylation is 2. The average Bonchev–Trinajstić information content (AvgIpc) is 3.72. The van der Waals surface area contributed by atoms with Crippen molar-refractivity contribution in [2.45, 2.75) is 63.1 Å². The first kappa shape index (κ1) is 27.9. The van der Waals surface area contributed by atoms with Gasteiger partial charge in [0.25, 0.3) is 0 Å². The Bertz CT molecular complexity index is 1380. The Kier molecular flexibility index (Phi) is 8.19. The number of hydrogen-bond acceptors (Lipinski definition) is 6. The van der Waals surface area contributed by atoms with Gasteiger partial charge in [-0.3, -0.25) is 9.59 Å². The Balaban J connectivity index is 1.29. The van der Waals surface area contributed by atoms with E-state index in [1.54, 1.807) is 19.9 Å². The maximum Gasteiger partial charge on any atom is 0.244 e. The molecule has 1 saturated carbocycles. The van der Waals surface area contributed by atoms with E-state index < -0.39 is 27.9 Å². The average molecular weight is 575 g/mol. The van der Waals surface area contributed by atoms with Crippen molar-refractivity contribution in [2.75, 3.05) is 26.2 Å². The molecule has 2 aliphatic heterocycles. The molecule has 3 N–H and O–H groups in total. The number of carbonyl (C=O) groups is 2. The highest BCUT2D eigenvalue weighted by Gasteiger charge is 2.40. The number of ether oxygens (including phenoxy) is 1. The molecule has 2 amide bonds. The van der Waals surface area contributed by atoms with Gasteiger partial charge in [0.05, 0.1) is 24.0 Å². The molecule has 39 heavy (non-hydrogen) atoms. The van der Waals surface area contributed by atoms with Gasteiger partial charge in [0.1, 0.15) is 11.8 Å². The predicted octanol–water partition coefficient (Wildman–Crippen LogP) is 2.98. The van der Waals surface area contributed by atoms with E-state index in [4.69, 9.17) is 16.3 Å². The molecule has 0 spiro atoms. The molecular weight excluding hydrogens is 540 g/mol. The maximum absolute atomic E-state index is 13.7. The van der Waals surface area contributed by atoms with E-state index in [0.29, 0.717) is 29.2 Å². The SMILES string of the molecule is Cc1cc(S(=O)(=O)N2CCNC(=O)[C@H]2CC(=O)N[C@@H]2CCOc3cc(CNCC4CC4)ccc32)c(C)cc1Cl. The predicted molar refractivity (Wildman–Crippen MR) is 148 cm³/mol. The summed E-state index contributed by atoms with van der Waals surface area (Å²) in [7, 11) is -4.05. The summed E-state index contributed by atoms with van der Waals surface area (Å²) in [6.07, 6.45) is 2.90. The summed E-state index contributed by atoms with van der Waals surface area (Å²) in [5.41, 5.74) is 3.11. The molecule has 2 atom stereocenters. The van der Waals surface area contributed by atoms with Gasteiger partial charge in [0.15, 0.2) is 0 Å². The number of carbonyl (C=O) groups excluding carboxylic acids is 2. The third-order valence-electron chi connectivity index (χ3n) is 7.62. The van der Waals surface area contributed by atoms with E-state index in [1.165, 1.54) is 18.9 Å². The smallest absolute Gasteiger partial charge is 0.244 e. The lowest BCUT2D eigenvalue weighted by molar-refractivity contribution is -0.132. The third kappa shape index (κ3) is 6.24. The van der Waals surface area contributed by atoms with Gasteiger partial charge in [-0.05, 0) is 74.0 Å². The highest BCUT2D eigenvalue weighted by atomic mass is 35.5. The van der Waals surface area contributed by atoms with E-state index in [1.807, 2.05) is 18.2 Å². The molecule has 1 saturated heterocycles. The van der Waals surface area contributed by atoms with Crippen molar-refractivity contribution in [1.82, 2.24) is 20.3 Å². The lowest BCUT2D eigenvalue weighted by Gasteiger charge is -2.34. The second kappa shape index (κ2) is 11.4. The second-order valence-corrected chi connectivity index (χ2v) is 13.0. The van der Waals surface area contributed by atoms with Crippen LogP contribution in [0.3, 0.4) is 0 Å². The largest absolute Gasteiger partial charge is 0.493 e. The Morgan fingerprint density at radius 2 is 1.95 bits per heavy atom. The molecule has 2 fully saturated rings. The van der Waals surface area contributed by atoms with Gasteiger partial charge in [0.2, 0.25) is 21.8 Å². The van der Waals surface area contributed by atoms with Crippen LogP contribution in [-0.4, -0.2) is 56.8 Å². The summed E-state index contributed by atoms with van der Waals surface area (Å²) in [5, 5.41) is 9.67. The second-order valence-electron chi connectivity index (χ2n) is 10.7. The van der Waals surface area contributed by atoms with Crippen LogP contribution in [0.4, 0.5) is 0 Å². The standard InChI is InChI=1S/C28H35ClN4O5S/c1-17-12-26(18(2)11-22(17)29)39(36,37)33-9-8-31-28(35)24(33)14-27(34)32-23-7-10-38-25-13-20(5-6-21(23)25)16-30-15-19-3-4-19/h5-6,11-13,19,23-24,30H,3-4,7-10,14-16H2,1-2H3,(H,31,35)(H,32,34)/t23-,24-/m1/s1. The van der Waals surface area contributed by atoms with Crippen molar-refractivity contribution in [3.05, 3.63) is 57.6 Å². The van der Waals surface area contributed by atoms with E-state index in [-0.39, 0.29) is 30.4 Å². The zero-order valence-electron chi connectivity index (χ0n) is 22.3. The number of nitrogens with zero attached hydrogens (tertiary/aromatic N) is 1. The molecule has 210 valence electrons. The summed E-state index contributed by atoms with van der Waals surface area (Å²) in [5.74, 6) is 0.661. The zero-order valence-corrected chi connectivity index (χ0v) is 23.8. The summed E-state index contributed by atoms with van der Waals surface area (Å²) in [4.78, 5) is 26.1. The van der Waals surface area contributed by atoms with Crippen molar-refractivity contribution >= 4 is 33.4 Å². The van der Waals surface area contributed by atoms with Crippen LogP contribution in [0.1, 0.15) is 54.0 Å². The molecule has 0 bridgehead atoms. The number of piperazine rings is 1. The number of hydrogen-bond donors (Lipinski definition) is 3. The summed E-state index contributed by atoms with van der Waals surface area (Å²) >= 11 is 6.18. The summed E-state index contributed by atoms with van der Waals surface area (Å²) in [6, 6.07) is 7.70. The van der Waals surface area contributed by atoms with Crippen LogP contribution in [0.2, 0.25) is 5.02 Å². The van der Waals surface area contributed by atoms with Crippen LogP contribution in [0.25, 0.3) is 0 Å². The Morgan fingerprint density at radius 1 is 1.15 bits per heavy atom. The third-order valence-corrected chi connectivity index (χ3v) is 10.1. The van der Waals surface area contributed by atoms with Crippen molar-refractivity contribution in [3.63, 3.8) is 0 Å². The molecular formula is C28H35ClN4O5S. The first-order chi connectivity index (χ1) is 18.6. The van der Waals surface area contributed by atoms with Gasteiger partial charge < -0.3 is 20.7 Å². The quantitative estimate of drug-likeness (QED) is 0.424. The molecule has 0 radical (unpaired) electrons. The lowest BCUT2D eigenvalue weighted by Crippen LogP contribution is -2.58. The van der Waals surface area contributed by atoms with Crippen molar-refractivity contribution < 1.29 is 22.7 Å². The number of rotatable bonds is 9. The minimum Gasteiger partial charge on any atom is -0.493 e. The molecule has 3 aliphatic rings. The molecule has 2 aromatic rings. The number of amides is 2. The van der Waals surface area contributed by atoms with Crippen LogP contribution in [0.15, 0.2) is 35.2 Å². The van der Waals surface area contributed by atoms with Crippen molar-refractivity contribution in [2.24, 2.45) is 5.92 Å².